The Kier molecular flexibility index (Phi) is 10.4. The van der Waals surface area contributed by atoms with Crippen LogP contribution in [0.1, 0.15) is 0 Å². The van der Waals surface area contributed by atoms with Gasteiger partial charge in [0.25, 0.3) is 0 Å². The molecule has 7 heteroatoms. The van der Waals surface area contributed by atoms with Crippen molar-refractivity contribution in [1.82, 2.24) is 10.6 Å². The SMILES string of the molecule is NCCNCCNCCN.O=C1C=CC(=O)O1. The summed E-state index contributed by atoms with van der Waals surface area (Å²) in [6.07, 6.45) is 2.17. The molecule has 0 aromatic rings. The molecular formula is C10H20N4O3. The molecule has 0 aromatic heterocycles. The molecule has 0 unspecified atom stereocenters. The van der Waals surface area contributed by atoms with E-state index in [9.17, 15) is 9.59 Å². The number of esters is 2. The van der Waals surface area contributed by atoms with Crippen LogP contribution in [0.15, 0.2) is 12.2 Å². The molecule has 98 valence electrons. The third-order valence-electron chi connectivity index (χ3n) is 1.68. The lowest BCUT2D eigenvalue weighted by molar-refractivity contribution is -0.150. The normalized spacial score (nSPS) is 13.3. The highest BCUT2D eigenvalue weighted by atomic mass is 16.6. The van der Waals surface area contributed by atoms with Gasteiger partial charge < -0.3 is 26.8 Å². The zero-order valence-corrected chi connectivity index (χ0v) is 9.78. The van der Waals surface area contributed by atoms with E-state index in [0.717, 1.165) is 38.3 Å². The number of nitrogens with one attached hydrogen (secondary N) is 2. The number of ether oxygens (including phenoxy) is 1. The first-order chi connectivity index (χ1) is 8.20. The Morgan fingerprint density at radius 3 is 1.53 bits per heavy atom. The van der Waals surface area contributed by atoms with E-state index in [1.807, 2.05) is 0 Å². The second-order valence-electron chi connectivity index (χ2n) is 3.15. The van der Waals surface area contributed by atoms with E-state index >= 15 is 0 Å². The monoisotopic (exact) mass is 244 g/mol. The maximum atomic E-state index is 9.92. The molecule has 7 nitrogen and oxygen atoms in total. The Bertz CT molecular complexity index is 232. The van der Waals surface area contributed by atoms with Gasteiger partial charge in [0.05, 0.1) is 0 Å². The van der Waals surface area contributed by atoms with Crippen LogP contribution in [0.25, 0.3) is 0 Å². The quantitative estimate of drug-likeness (QED) is 0.226. The largest absolute Gasteiger partial charge is 0.387 e. The summed E-state index contributed by atoms with van der Waals surface area (Å²) in [6.45, 7) is 5.14. The first-order valence-electron chi connectivity index (χ1n) is 5.46. The van der Waals surface area contributed by atoms with Gasteiger partial charge in [-0.2, -0.15) is 0 Å². The number of hydrogen-bond donors (Lipinski definition) is 4. The number of carbonyl (C=O) groups is 2. The van der Waals surface area contributed by atoms with Crippen molar-refractivity contribution in [3.63, 3.8) is 0 Å². The first kappa shape index (κ1) is 15.7. The van der Waals surface area contributed by atoms with Crippen molar-refractivity contribution < 1.29 is 14.3 Å². The van der Waals surface area contributed by atoms with E-state index in [2.05, 4.69) is 15.4 Å². The molecule has 0 spiro atoms. The Morgan fingerprint density at radius 2 is 1.29 bits per heavy atom. The highest BCUT2D eigenvalue weighted by molar-refractivity contribution is 6.04. The van der Waals surface area contributed by atoms with Crippen LogP contribution in [-0.4, -0.2) is 51.2 Å². The minimum absolute atomic E-state index is 0.579. The minimum Gasteiger partial charge on any atom is -0.387 e. The fourth-order valence-electron chi connectivity index (χ4n) is 0.934. The van der Waals surface area contributed by atoms with E-state index in [-0.39, 0.29) is 0 Å². The Balaban J connectivity index is 0.000000318. The molecule has 0 radical (unpaired) electrons. The summed E-state index contributed by atoms with van der Waals surface area (Å²) in [5.41, 5.74) is 10.5. The number of rotatable bonds is 7. The molecule has 0 bridgehead atoms. The van der Waals surface area contributed by atoms with Gasteiger partial charge in [-0.25, -0.2) is 9.59 Å². The summed E-state index contributed by atoms with van der Waals surface area (Å²) < 4.78 is 3.97. The average Bonchev–Trinajstić information content (AvgIpc) is 2.68. The molecule has 0 aliphatic carbocycles. The van der Waals surface area contributed by atoms with Gasteiger partial charge in [-0.3, -0.25) is 0 Å². The number of hydrogen-bond acceptors (Lipinski definition) is 7. The lowest BCUT2D eigenvalue weighted by atomic mass is 10.5. The van der Waals surface area contributed by atoms with Crippen molar-refractivity contribution in [2.45, 2.75) is 0 Å². The Labute approximate surface area is 101 Å². The van der Waals surface area contributed by atoms with Crippen molar-refractivity contribution in [3.8, 4) is 0 Å². The van der Waals surface area contributed by atoms with Crippen LogP contribution >= 0.6 is 0 Å². The predicted molar refractivity (Wildman–Crippen MR) is 64.1 cm³/mol. The van der Waals surface area contributed by atoms with Crippen LogP contribution in [0.4, 0.5) is 0 Å². The van der Waals surface area contributed by atoms with Crippen molar-refractivity contribution in [3.05, 3.63) is 12.2 Å². The average molecular weight is 244 g/mol. The van der Waals surface area contributed by atoms with Crippen molar-refractivity contribution >= 4 is 11.9 Å². The molecule has 0 fully saturated rings. The van der Waals surface area contributed by atoms with E-state index in [0.29, 0.717) is 13.1 Å². The van der Waals surface area contributed by atoms with E-state index in [1.165, 1.54) is 0 Å². The maximum absolute atomic E-state index is 9.92. The summed E-state index contributed by atoms with van der Waals surface area (Å²) >= 11 is 0. The van der Waals surface area contributed by atoms with Gasteiger partial charge in [0, 0.05) is 51.4 Å². The molecule has 1 heterocycles. The summed E-state index contributed by atoms with van der Waals surface area (Å²) in [6, 6.07) is 0. The van der Waals surface area contributed by atoms with Gasteiger partial charge >= 0.3 is 11.9 Å². The molecule has 0 saturated carbocycles. The molecule has 1 aliphatic heterocycles. The summed E-state index contributed by atoms with van der Waals surface area (Å²) in [4.78, 5) is 19.8. The van der Waals surface area contributed by atoms with Crippen molar-refractivity contribution in [2.75, 3.05) is 39.3 Å². The zero-order chi connectivity index (χ0) is 12.9. The Morgan fingerprint density at radius 1 is 0.882 bits per heavy atom. The van der Waals surface area contributed by atoms with Crippen LogP contribution in [-0.2, 0) is 14.3 Å². The fraction of sp³-hybridized carbons (Fsp3) is 0.600. The first-order valence-corrected chi connectivity index (χ1v) is 5.46. The molecular weight excluding hydrogens is 224 g/mol. The summed E-state index contributed by atoms with van der Waals surface area (Å²) in [7, 11) is 0. The molecule has 1 aliphatic rings. The third-order valence-corrected chi connectivity index (χ3v) is 1.68. The molecule has 0 saturated heterocycles. The molecule has 0 amide bonds. The summed E-state index contributed by atoms with van der Waals surface area (Å²) in [5, 5.41) is 6.33. The lowest BCUT2D eigenvalue weighted by Crippen LogP contribution is -2.32. The van der Waals surface area contributed by atoms with Gasteiger partial charge in [0.15, 0.2) is 0 Å². The fourth-order valence-corrected chi connectivity index (χ4v) is 0.934. The minimum atomic E-state index is -0.579. The number of nitrogens with two attached hydrogens (primary N) is 2. The van der Waals surface area contributed by atoms with Crippen molar-refractivity contribution in [2.24, 2.45) is 11.5 Å². The number of carbonyl (C=O) groups excluding carboxylic acids is 2. The van der Waals surface area contributed by atoms with Crippen LogP contribution in [0.5, 0.6) is 0 Å². The van der Waals surface area contributed by atoms with Crippen molar-refractivity contribution in [1.29, 1.82) is 0 Å². The molecule has 17 heavy (non-hydrogen) atoms. The van der Waals surface area contributed by atoms with Crippen LogP contribution < -0.4 is 22.1 Å². The number of cyclic esters (lactones) is 2. The molecule has 0 atom stereocenters. The van der Waals surface area contributed by atoms with E-state index in [1.54, 1.807) is 0 Å². The second-order valence-corrected chi connectivity index (χ2v) is 3.15. The third kappa shape index (κ3) is 11.0. The molecule has 6 N–H and O–H groups in total. The summed E-state index contributed by atoms with van der Waals surface area (Å²) in [5.74, 6) is -1.16. The van der Waals surface area contributed by atoms with Gasteiger partial charge in [0.2, 0.25) is 0 Å². The van der Waals surface area contributed by atoms with Gasteiger partial charge in [-0.1, -0.05) is 0 Å². The smallest absolute Gasteiger partial charge is 0.338 e. The predicted octanol–water partition coefficient (Wildman–Crippen LogP) is -2.29. The second kappa shape index (κ2) is 11.2. The van der Waals surface area contributed by atoms with Gasteiger partial charge in [-0.15, -0.1) is 0 Å². The van der Waals surface area contributed by atoms with E-state index in [4.69, 9.17) is 11.5 Å². The van der Waals surface area contributed by atoms with Crippen LogP contribution in [0, 0.1) is 0 Å². The van der Waals surface area contributed by atoms with Crippen LogP contribution in [0.3, 0.4) is 0 Å². The lowest BCUT2D eigenvalue weighted by Gasteiger charge is -2.03. The highest BCUT2D eigenvalue weighted by Gasteiger charge is 2.10. The zero-order valence-electron chi connectivity index (χ0n) is 9.78. The van der Waals surface area contributed by atoms with Gasteiger partial charge in [0.1, 0.15) is 0 Å². The molecule has 1 rings (SSSR count). The van der Waals surface area contributed by atoms with Gasteiger partial charge in [-0.05, 0) is 0 Å². The highest BCUT2D eigenvalue weighted by Crippen LogP contribution is 1.92. The van der Waals surface area contributed by atoms with Crippen LogP contribution in [0.2, 0.25) is 0 Å². The Hall–Kier alpha value is -1.28. The maximum Gasteiger partial charge on any atom is 0.338 e. The molecule has 0 aromatic carbocycles. The topological polar surface area (TPSA) is 119 Å². The van der Waals surface area contributed by atoms with E-state index < -0.39 is 11.9 Å². The standard InChI is InChI=1S/C6H18N4.C4H2O3/c7-1-3-9-5-6-10-4-2-8;5-3-1-2-4(6)7-3/h9-10H,1-8H2;1-2H.